The lowest BCUT2D eigenvalue weighted by Crippen LogP contribution is -2.36. The van der Waals surface area contributed by atoms with Crippen LogP contribution in [0.25, 0.3) is 0 Å². The molecule has 21 heavy (non-hydrogen) atoms. The fourth-order valence-corrected chi connectivity index (χ4v) is 3.22. The lowest BCUT2D eigenvalue weighted by atomic mass is 9.91. The van der Waals surface area contributed by atoms with E-state index in [0.717, 1.165) is 5.56 Å². The molecule has 1 saturated heterocycles. The number of thiophene rings is 1. The Morgan fingerprint density at radius 3 is 2.57 bits per heavy atom. The standard InChI is InChI=1S/C15H21NO4S/c1-15(2,3)20-14(18)16-7-11(10-5-6-21-9-10)12(8-16)13(17)19-4/h5-6,9,11-12H,7-8H2,1-4H3/t11-,12-/m0/s1. The average Bonchev–Trinajstić information content (AvgIpc) is 3.04. The first-order valence-electron chi connectivity index (χ1n) is 6.89. The molecule has 0 aliphatic carbocycles. The largest absolute Gasteiger partial charge is 0.469 e. The van der Waals surface area contributed by atoms with Gasteiger partial charge in [0.05, 0.1) is 13.0 Å². The van der Waals surface area contributed by atoms with E-state index in [2.05, 4.69) is 0 Å². The van der Waals surface area contributed by atoms with Gasteiger partial charge in [0, 0.05) is 19.0 Å². The zero-order chi connectivity index (χ0) is 15.6. The molecule has 0 spiro atoms. The Morgan fingerprint density at radius 2 is 2.05 bits per heavy atom. The van der Waals surface area contributed by atoms with E-state index in [9.17, 15) is 9.59 Å². The van der Waals surface area contributed by atoms with Crippen molar-refractivity contribution >= 4 is 23.4 Å². The first-order valence-corrected chi connectivity index (χ1v) is 7.84. The third-order valence-corrected chi connectivity index (χ3v) is 4.15. The van der Waals surface area contributed by atoms with Crippen LogP contribution in [0.4, 0.5) is 4.79 Å². The van der Waals surface area contributed by atoms with Crippen LogP contribution < -0.4 is 0 Å². The first-order chi connectivity index (χ1) is 9.81. The van der Waals surface area contributed by atoms with E-state index in [4.69, 9.17) is 9.47 Å². The minimum atomic E-state index is -0.543. The molecule has 1 amide bonds. The molecule has 0 unspecified atom stereocenters. The number of hydrogen-bond acceptors (Lipinski definition) is 5. The van der Waals surface area contributed by atoms with E-state index < -0.39 is 5.60 Å². The zero-order valence-electron chi connectivity index (χ0n) is 12.8. The summed E-state index contributed by atoms with van der Waals surface area (Å²) < 4.78 is 10.3. The van der Waals surface area contributed by atoms with Crippen molar-refractivity contribution in [1.82, 2.24) is 4.90 Å². The molecule has 1 aromatic heterocycles. The number of hydrogen-bond donors (Lipinski definition) is 0. The summed E-state index contributed by atoms with van der Waals surface area (Å²) in [5.74, 6) is -0.648. The van der Waals surface area contributed by atoms with E-state index in [1.807, 2.05) is 37.6 Å². The number of carbonyl (C=O) groups excluding carboxylic acids is 2. The summed E-state index contributed by atoms with van der Waals surface area (Å²) in [5, 5.41) is 3.99. The number of rotatable bonds is 2. The molecule has 2 heterocycles. The summed E-state index contributed by atoms with van der Waals surface area (Å²) in [6.45, 7) is 6.30. The monoisotopic (exact) mass is 311 g/mol. The molecule has 5 nitrogen and oxygen atoms in total. The number of ether oxygens (including phenoxy) is 2. The summed E-state index contributed by atoms with van der Waals surface area (Å²) in [5.41, 5.74) is 0.527. The van der Waals surface area contributed by atoms with Crippen molar-refractivity contribution in [1.29, 1.82) is 0 Å². The Bertz CT molecular complexity index is 506. The van der Waals surface area contributed by atoms with E-state index in [1.165, 1.54) is 7.11 Å². The Balaban J connectivity index is 2.14. The van der Waals surface area contributed by atoms with Crippen LogP contribution in [0.1, 0.15) is 32.3 Å². The van der Waals surface area contributed by atoms with Gasteiger partial charge in [-0.2, -0.15) is 11.3 Å². The van der Waals surface area contributed by atoms with Crippen LogP contribution in [-0.4, -0.2) is 42.8 Å². The van der Waals surface area contributed by atoms with E-state index in [-0.39, 0.29) is 23.9 Å². The van der Waals surface area contributed by atoms with Gasteiger partial charge in [0.2, 0.25) is 0 Å². The summed E-state index contributed by atoms with van der Waals surface area (Å²) in [6.07, 6.45) is -0.380. The maximum Gasteiger partial charge on any atom is 0.410 e. The van der Waals surface area contributed by atoms with Gasteiger partial charge in [0.25, 0.3) is 0 Å². The second-order valence-electron chi connectivity index (χ2n) is 6.18. The van der Waals surface area contributed by atoms with Crippen LogP contribution in [0.3, 0.4) is 0 Å². The van der Waals surface area contributed by atoms with Gasteiger partial charge in [-0.05, 0) is 43.2 Å². The van der Waals surface area contributed by atoms with Crippen LogP contribution in [-0.2, 0) is 14.3 Å². The Kier molecular flexibility index (Phi) is 4.56. The molecule has 116 valence electrons. The summed E-state index contributed by atoms with van der Waals surface area (Å²) >= 11 is 1.58. The number of methoxy groups -OCH3 is 1. The van der Waals surface area contributed by atoms with Gasteiger partial charge in [-0.3, -0.25) is 4.79 Å². The SMILES string of the molecule is COC(=O)[C@H]1CN(C(=O)OC(C)(C)C)C[C@H]1c1ccsc1. The van der Waals surface area contributed by atoms with Gasteiger partial charge in [-0.25, -0.2) is 4.79 Å². The fraction of sp³-hybridized carbons (Fsp3) is 0.600. The van der Waals surface area contributed by atoms with Crippen LogP contribution in [0, 0.1) is 5.92 Å². The van der Waals surface area contributed by atoms with Gasteiger partial charge in [0.15, 0.2) is 0 Å². The summed E-state index contributed by atoms with van der Waals surface area (Å²) in [4.78, 5) is 25.8. The lowest BCUT2D eigenvalue weighted by Gasteiger charge is -2.24. The molecule has 1 fully saturated rings. The van der Waals surface area contributed by atoms with E-state index in [1.54, 1.807) is 16.2 Å². The van der Waals surface area contributed by atoms with Crippen LogP contribution in [0.5, 0.6) is 0 Å². The number of nitrogens with zero attached hydrogens (tertiary/aromatic N) is 1. The Hall–Kier alpha value is -1.56. The third kappa shape index (κ3) is 3.75. The van der Waals surface area contributed by atoms with Crippen molar-refractivity contribution in [2.24, 2.45) is 5.92 Å². The van der Waals surface area contributed by atoms with Gasteiger partial charge in [0.1, 0.15) is 5.60 Å². The molecule has 6 heteroatoms. The second-order valence-corrected chi connectivity index (χ2v) is 6.96. The van der Waals surface area contributed by atoms with Crippen molar-refractivity contribution in [3.8, 4) is 0 Å². The van der Waals surface area contributed by atoms with Crippen LogP contribution in [0.2, 0.25) is 0 Å². The predicted octanol–water partition coefficient (Wildman–Crippen LogP) is 2.87. The molecular formula is C15H21NO4S. The Morgan fingerprint density at radius 1 is 1.33 bits per heavy atom. The maximum absolute atomic E-state index is 12.2. The molecule has 2 rings (SSSR count). The molecule has 0 N–H and O–H groups in total. The molecule has 1 aromatic rings. The minimum absolute atomic E-state index is 0.0313. The molecule has 0 aromatic carbocycles. The van der Waals surface area contributed by atoms with Crippen molar-refractivity contribution < 1.29 is 19.1 Å². The highest BCUT2D eigenvalue weighted by Crippen LogP contribution is 2.35. The van der Waals surface area contributed by atoms with Crippen molar-refractivity contribution in [2.75, 3.05) is 20.2 Å². The predicted molar refractivity (Wildman–Crippen MR) is 80.4 cm³/mol. The fourth-order valence-electron chi connectivity index (χ4n) is 2.49. The zero-order valence-corrected chi connectivity index (χ0v) is 13.6. The minimum Gasteiger partial charge on any atom is -0.469 e. The molecule has 1 aliphatic rings. The summed E-state index contributed by atoms with van der Waals surface area (Å²) in [6, 6.07) is 1.99. The lowest BCUT2D eigenvalue weighted by molar-refractivity contribution is -0.145. The molecule has 0 saturated carbocycles. The van der Waals surface area contributed by atoms with Crippen LogP contribution in [0.15, 0.2) is 16.8 Å². The third-order valence-electron chi connectivity index (χ3n) is 3.45. The topological polar surface area (TPSA) is 55.8 Å². The van der Waals surface area contributed by atoms with Gasteiger partial charge in [-0.1, -0.05) is 0 Å². The highest BCUT2D eigenvalue weighted by Gasteiger charge is 2.42. The van der Waals surface area contributed by atoms with E-state index >= 15 is 0 Å². The molecule has 1 aliphatic heterocycles. The van der Waals surface area contributed by atoms with Crippen molar-refractivity contribution in [2.45, 2.75) is 32.3 Å². The van der Waals surface area contributed by atoms with Crippen molar-refractivity contribution in [3.63, 3.8) is 0 Å². The first kappa shape index (κ1) is 15.8. The highest BCUT2D eigenvalue weighted by molar-refractivity contribution is 7.08. The normalized spacial score (nSPS) is 22.2. The number of esters is 1. The highest BCUT2D eigenvalue weighted by atomic mass is 32.1. The number of likely N-dealkylation sites (tertiary alicyclic amines) is 1. The van der Waals surface area contributed by atoms with Crippen LogP contribution >= 0.6 is 11.3 Å². The Labute approximate surface area is 128 Å². The summed E-state index contributed by atoms with van der Waals surface area (Å²) in [7, 11) is 1.38. The molecule has 0 bridgehead atoms. The molecule has 2 atom stereocenters. The molecular weight excluding hydrogens is 290 g/mol. The van der Waals surface area contributed by atoms with E-state index in [0.29, 0.717) is 13.1 Å². The van der Waals surface area contributed by atoms with Gasteiger partial charge < -0.3 is 14.4 Å². The molecule has 0 radical (unpaired) electrons. The number of amides is 1. The van der Waals surface area contributed by atoms with Gasteiger partial charge >= 0.3 is 12.1 Å². The smallest absolute Gasteiger partial charge is 0.410 e. The average molecular weight is 311 g/mol. The second kappa shape index (κ2) is 6.05. The van der Waals surface area contributed by atoms with Crippen molar-refractivity contribution in [3.05, 3.63) is 22.4 Å². The maximum atomic E-state index is 12.2. The quantitative estimate of drug-likeness (QED) is 0.788. The van der Waals surface area contributed by atoms with Gasteiger partial charge in [-0.15, -0.1) is 0 Å². The number of carbonyl (C=O) groups is 2.